The first-order valence-corrected chi connectivity index (χ1v) is 12.9. The summed E-state index contributed by atoms with van der Waals surface area (Å²) in [6.07, 6.45) is 13.0. The minimum absolute atomic E-state index is 0.103. The van der Waals surface area contributed by atoms with Crippen molar-refractivity contribution in [3.63, 3.8) is 0 Å². The molecule has 34 heavy (non-hydrogen) atoms. The lowest BCUT2D eigenvalue weighted by Gasteiger charge is -2.37. The van der Waals surface area contributed by atoms with Crippen LogP contribution in [0.5, 0.6) is 0 Å². The molecule has 1 saturated carbocycles. The fourth-order valence-electron chi connectivity index (χ4n) is 5.53. The van der Waals surface area contributed by atoms with Gasteiger partial charge in [-0.2, -0.15) is 0 Å². The van der Waals surface area contributed by atoms with Crippen LogP contribution in [0.25, 0.3) is 10.9 Å². The predicted octanol–water partition coefficient (Wildman–Crippen LogP) is 3.86. The molecule has 0 spiro atoms. The van der Waals surface area contributed by atoms with Gasteiger partial charge in [0, 0.05) is 56.0 Å². The number of nitrogens with zero attached hydrogens (tertiary/aromatic N) is 3. The zero-order valence-corrected chi connectivity index (χ0v) is 20.5. The highest BCUT2D eigenvalue weighted by atomic mass is 16.3. The molecule has 2 aromatic rings. The van der Waals surface area contributed by atoms with Gasteiger partial charge in [-0.15, -0.1) is 0 Å². The third kappa shape index (κ3) is 4.66. The molecule has 0 unspecified atom stereocenters. The normalized spacial score (nSPS) is 25.0. The third-order valence-corrected chi connectivity index (χ3v) is 7.72. The first-order chi connectivity index (χ1) is 16.6. The number of hydrogen-bond donors (Lipinski definition) is 2. The smallest absolute Gasteiger partial charge is 0.228 e. The van der Waals surface area contributed by atoms with Crippen LogP contribution in [0.3, 0.4) is 0 Å². The highest BCUT2D eigenvalue weighted by Crippen LogP contribution is 2.36. The summed E-state index contributed by atoms with van der Waals surface area (Å²) in [5.74, 6) is 0.294. The monoisotopic (exact) mass is 462 g/mol. The first-order valence-electron chi connectivity index (χ1n) is 12.9. The van der Waals surface area contributed by atoms with Gasteiger partial charge in [0.1, 0.15) is 6.23 Å². The Morgan fingerprint density at radius 1 is 1.24 bits per heavy atom. The number of aliphatic hydroxyl groups excluding tert-OH is 1. The SMILES string of the molecule is CCCCn1cc(CN(C(=O)[C@H]2CNCC[C@@H]2C2=C[C@H](O)N(C)C=C2)C2CC2)c2ccccc21. The van der Waals surface area contributed by atoms with Gasteiger partial charge in [-0.3, -0.25) is 4.79 Å². The summed E-state index contributed by atoms with van der Waals surface area (Å²) < 4.78 is 2.37. The lowest BCUT2D eigenvalue weighted by atomic mass is 9.79. The molecule has 3 aliphatic rings. The largest absolute Gasteiger partial charge is 0.370 e. The topological polar surface area (TPSA) is 60.7 Å². The lowest BCUT2D eigenvalue weighted by Crippen LogP contribution is -2.48. The van der Waals surface area contributed by atoms with Gasteiger partial charge < -0.3 is 24.8 Å². The van der Waals surface area contributed by atoms with Crippen LogP contribution in [0.4, 0.5) is 0 Å². The zero-order chi connectivity index (χ0) is 23.7. The number of likely N-dealkylation sites (N-methyl/N-ethyl adjacent to an activating group) is 1. The second kappa shape index (κ2) is 9.96. The summed E-state index contributed by atoms with van der Waals surface area (Å²) >= 11 is 0. The zero-order valence-electron chi connectivity index (χ0n) is 20.5. The number of aromatic nitrogens is 1. The molecular weight excluding hydrogens is 424 g/mol. The summed E-state index contributed by atoms with van der Waals surface area (Å²) in [7, 11) is 1.87. The molecule has 1 aliphatic carbocycles. The molecule has 3 heterocycles. The van der Waals surface area contributed by atoms with Crippen molar-refractivity contribution in [2.45, 2.75) is 64.4 Å². The van der Waals surface area contributed by atoms with Gasteiger partial charge in [0.15, 0.2) is 0 Å². The van der Waals surface area contributed by atoms with Crippen LogP contribution in [0, 0.1) is 11.8 Å². The number of unbranched alkanes of at least 4 members (excludes halogenated alkanes) is 1. The van der Waals surface area contributed by atoms with Crippen LogP contribution in [-0.4, -0.2) is 57.8 Å². The molecule has 2 N–H and O–H groups in total. The number of aliphatic hydroxyl groups is 1. The van der Waals surface area contributed by atoms with Crippen molar-refractivity contribution in [2.75, 3.05) is 20.1 Å². The number of hydrogen-bond acceptors (Lipinski definition) is 4. The highest BCUT2D eigenvalue weighted by Gasteiger charge is 2.41. The quantitative estimate of drug-likeness (QED) is 0.625. The van der Waals surface area contributed by atoms with Gasteiger partial charge in [0.25, 0.3) is 0 Å². The van der Waals surface area contributed by atoms with Crippen molar-refractivity contribution < 1.29 is 9.90 Å². The Balaban J connectivity index is 1.41. The third-order valence-electron chi connectivity index (χ3n) is 7.72. The summed E-state index contributed by atoms with van der Waals surface area (Å²) in [6, 6.07) is 8.95. The number of aryl methyl sites for hydroxylation is 1. The van der Waals surface area contributed by atoms with Crippen molar-refractivity contribution in [3.8, 4) is 0 Å². The fraction of sp³-hybridized carbons (Fsp3) is 0.536. The Labute approximate surface area is 202 Å². The maximum absolute atomic E-state index is 14.1. The fourth-order valence-corrected chi connectivity index (χ4v) is 5.53. The number of allylic oxidation sites excluding steroid dienone is 2. The van der Waals surface area contributed by atoms with E-state index in [4.69, 9.17) is 0 Å². The van der Waals surface area contributed by atoms with Crippen LogP contribution in [-0.2, 0) is 17.9 Å². The molecule has 1 saturated heterocycles. The van der Waals surface area contributed by atoms with Gasteiger partial charge in [0.2, 0.25) is 5.91 Å². The van der Waals surface area contributed by atoms with E-state index in [0.717, 1.165) is 44.3 Å². The van der Waals surface area contributed by atoms with E-state index in [1.54, 1.807) is 4.90 Å². The highest BCUT2D eigenvalue weighted by molar-refractivity contribution is 5.85. The van der Waals surface area contributed by atoms with Gasteiger partial charge >= 0.3 is 0 Å². The van der Waals surface area contributed by atoms with E-state index in [0.29, 0.717) is 19.1 Å². The molecule has 1 aromatic heterocycles. The number of carbonyl (C=O) groups excluding carboxylic acids is 1. The number of benzene rings is 1. The molecule has 6 nitrogen and oxygen atoms in total. The molecule has 3 atom stereocenters. The molecule has 5 rings (SSSR count). The molecule has 1 amide bonds. The molecule has 0 radical (unpaired) electrons. The van der Waals surface area contributed by atoms with E-state index in [1.807, 2.05) is 19.3 Å². The van der Waals surface area contributed by atoms with Crippen LogP contribution >= 0.6 is 0 Å². The molecule has 2 fully saturated rings. The maximum atomic E-state index is 14.1. The van der Waals surface area contributed by atoms with Gasteiger partial charge in [0.05, 0.1) is 5.92 Å². The van der Waals surface area contributed by atoms with Crippen molar-refractivity contribution in [1.82, 2.24) is 19.7 Å². The number of rotatable bonds is 8. The van der Waals surface area contributed by atoms with E-state index < -0.39 is 6.23 Å². The number of nitrogens with one attached hydrogen (secondary N) is 1. The summed E-state index contributed by atoms with van der Waals surface area (Å²) in [4.78, 5) is 18.0. The Kier molecular flexibility index (Phi) is 6.79. The number of piperidine rings is 1. The average Bonchev–Trinajstić information content (AvgIpc) is 3.65. The number of para-hydroxylation sites is 1. The Bertz CT molecular complexity index is 1080. The van der Waals surface area contributed by atoms with E-state index in [9.17, 15) is 9.90 Å². The molecule has 6 heteroatoms. The van der Waals surface area contributed by atoms with Crippen molar-refractivity contribution >= 4 is 16.8 Å². The molecule has 0 bridgehead atoms. The first kappa shape index (κ1) is 23.2. The van der Waals surface area contributed by atoms with Crippen molar-refractivity contribution in [1.29, 1.82) is 0 Å². The maximum Gasteiger partial charge on any atom is 0.228 e. The summed E-state index contributed by atoms with van der Waals surface area (Å²) in [5.41, 5.74) is 3.61. The van der Waals surface area contributed by atoms with Gasteiger partial charge in [-0.1, -0.05) is 31.5 Å². The predicted molar refractivity (Wildman–Crippen MR) is 136 cm³/mol. The standard InChI is InChI=1S/C28H38N4O2/c1-3-4-14-31-18-21(24-7-5-6-8-26(24)31)19-32(22-9-10-22)28(34)25-17-29-13-11-23(25)20-12-15-30(2)27(33)16-20/h5-8,12,15-16,18,22-23,25,27,29,33H,3-4,9-11,13-14,17,19H2,1-2H3/t23-,25+,27+/m1/s1. The van der Waals surface area contributed by atoms with Crippen LogP contribution < -0.4 is 5.32 Å². The van der Waals surface area contributed by atoms with Crippen molar-refractivity contribution in [2.24, 2.45) is 11.8 Å². The number of amides is 1. The molecular formula is C28H38N4O2. The minimum Gasteiger partial charge on any atom is -0.370 e. The van der Waals surface area contributed by atoms with Gasteiger partial charge in [-0.25, -0.2) is 0 Å². The summed E-state index contributed by atoms with van der Waals surface area (Å²) in [6.45, 7) is 5.51. The average molecular weight is 463 g/mol. The second-order valence-corrected chi connectivity index (χ2v) is 10.2. The van der Waals surface area contributed by atoms with Crippen LogP contribution in [0.2, 0.25) is 0 Å². The van der Waals surface area contributed by atoms with E-state index in [-0.39, 0.29) is 17.7 Å². The minimum atomic E-state index is -0.626. The number of fused-ring (bicyclic) bond motifs is 1. The van der Waals surface area contributed by atoms with E-state index in [1.165, 1.54) is 22.9 Å². The second-order valence-electron chi connectivity index (χ2n) is 10.2. The van der Waals surface area contributed by atoms with Crippen LogP contribution in [0.15, 0.2) is 54.4 Å². The molecule has 1 aromatic carbocycles. The Morgan fingerprint density at radius 3 is 2.82 bits per heavy atom. The molecule has 182 valence electrons. The van der Waals surface area contributed by atoms with Crippen LogP contribution in [0.1, 0.15) is 44.6 Å². The summed E-state index contributed by atoms with van der Waals surface area (Å²) in [5, 5.41) is 15.1. The van der Waals surface area contributed by atoms with E-state index >= 15 is 0 Å². The Morgan fingerprint density at radius 2 is 2.06 bits per heavy atom. The van der Waals surface area contributed by atoms with Crippen molar-refractivity contribution in [3.05, 3.63) is 60.0 Å². The molecule has 2 aliphatic heterocycles. The van der Waals surface area contributed by atoms with Gasteiger partial charge in [-0.05, 0) is 67.5 Å². The number of carbonyl (C=O) groups is 1. The van der Waals surface area contributed by atoms with E-state index in [2.05, 4.69) is 58.2 Å². The lowest BCUT2D eigenvalue weighted by molar-refractivity contribution is -0.138. The Hall–Kier alpha value is -2.57.